The molecule has 1 fully saturated rings. The van der Waals surface area contributed by atoms with Gasteiger partial charge < -0.3 is 10.1 Å². The highest BCUT2D eigenvalue weighted by Crippen LogP contribution is 2.29. The second-order valence-electron chi connectivity index (χ2n) is 6.77. The van der Waals surface area contributed by atoms with Crippen LogP contribution < -0.4 is 5.69 Å². The number of nitrogens with zero attached hydrogens (tertiary/aromatic N) is 5. The lowest BCUT2D eigenvalue weighted by molar-refractivity contribution is 0.111. The van der Waals surface area contributed by atoms with Gasteiger partial charge in [-0.05, 0) is 37.8 Å². The Morgan fingerprint density at radius 3 is 2.81 bits per heavy atom. The largest absolute Gasteiger partial charge is 0.393 e. The summed E-state index contributed by atoms with van der Waals surface area (Å²) in [7, 11) is 0. The van der Waals surface area contributed by atoms with E-state index in [0.29, 0.717) is 29.8 Å². The Bertz CT molecular complexity index is 1150. The fourth-order valence-electron chi connectivity index (χ4n) is 3.79. The smallest absolute Gasteiger partial charge is 0.327 e. The molecule has 0 aliphatic heterocycles. The van der Waals surface area contributed by atoms with Crippen molar-refractivity contribution in [1.82, 2.24) is 28.9 Å². The van der Waals surface area contributed by atoms with Gasteiger partial charge in [-0.15, -0.1) is 0 Å². The number of rotatable bonds is 2. The van der Waals surface area contributed by atoms with Gasteiger partial charge in [-0.25, -0.2) is 19.7 Å². The van der Waals surface area contributed by atoms with Crippen molar-refractivity contribution in [1.29, 1.82) is 0 Å². The zero-order valence-corrected chi connectivity index (χ0v) is 14.0. The van der Waals surface area contributed by atoms with Crippen LogP contribution in [0.2, 0.25) is 0 Å². The second kappa shape index (κ2) is 5.77. The Kier molecular flexibility index (Phi) is 3.39. The van der Waals surface area contributed by atoms with E-state index in [1.54, 1.807) is 17.0 Å². The van der Waals surface area contributed by atoms with Crippen LogP contribution >= 0.6 is 0 Å². The van der Waals surface area contributed by atoms with Crippen LogP contribution in [-0.4, -0.2) is 40.1 Å². The van der Waals surface area contributed by atoms with E-state index in [9.17, 15) is 9.90 Å². The van der Waals surface area contributed by atoms with E-state index in [-0.39, 0.29) is 17.8 Å². The van der Waals surface area contributed by atoms with Crippen LogP contribution in [0.5, 0.6) is 0 Å². The standard InChI is InChI=1S/C18H18N6O2/c25-12-6-4-11(5-7-12)24-17-13(21-18(24)26)9-20-16(22-17)14-10-19-15-3-1-2-8-23(14)15/h1-3,8-12,25H,4-7H2,(H,21,26). The molecule has 1 aliphatic rings. The molecule has 0 saturated heterocycles. The number of hydrogen-bond donors (Lipinski definition) is 2. The molecule has 0 bridgehead atoms. The highest BCUT2D eigenvalue weighted by Gasteiger charge is 2.25. The zero-order valence-electron chi connectivity index (χ0n) is 14.0. The monoisotopic (exact) mass is 350 g/mol. The van der Waals surface area contributed by atoms with Gasteiger partial charge >= 0.3 is 5.69 Å². The number of aromatic nitrogens is 6. The zero-order chi connectivity index (χ0) is 17.7. The first kappa shape index (κ1) is 15.3. The molecule has 0 unspecified atom stereocenters. The van der Waals surface area contributed by atoms with Crippen LogP contribution in [0.3, 0.4) is 0 Å². The van der Waals surface area contributed by atoms with E-state index in [1.165, 1.54) is 0 Å². The maximum Gasteiger partial charge on any atom is 0.327 e. The maximum absolute atomic E-state index is 12.5. The molecule has 8 heteroatoms. The van der Waals surface area contributed by atoms with Gasteiger partial charge in [0, 0.05) is 12.2 Å². The van der Waals surface area contributed by atoms with Crippen LogP contribution in [-0.2, 0) is 0 Å². The number of pyridine rings is 1. The summed E-state index contributed by atoms with van der Waals surface area (Å²) >= 11 is 0. The van der Waals surface area contributed by atoms with E-state index < -0.39 is 0 Å². The number of H-pyrrole nitrogens is 1. The summed E-state index contributed by atoms with van der Waals surface area (Å²) in [5.41, 5.74) is 2.65. The molecule has 2 N–H and O–H groups in total. The lowest BCUT2D eigenvalue weighted by Crippen LogP contribution is -2.27. The topological polar surface area (TPSA) is 101 Å². The van der Waals surface area contributed by atoms with E-state index in [0.717, 1.165) is 24.2 Å². The fourth-order valence-corrected chi connectivity index (χ4v) is 3.79. The Balaban J connectivity index is 1.65. The highest BCUT2D eigenvalue weighted by atomic mass is 16.3. The molecule has 4 heterocycles. The first-order valence-corrected chi connectivity index (χ1v) is 8.78. The van der Waals surface area contributed by atoms with Crippen molar-refractivity contribution in [2.24, 2.45) is 0 Å². The summed E-state index contributed by atoms with van der Waals surface area (Å²) in [6, 6.07) is 5.82. The normalized spacial score (nSPS) is 20.8. The number of aliphatic hydroxyl groups is 1. The molecule has 0 atom stereocenters. The molecule has 4 aromatic rings. The summed E-state index contributed by atoms with van der Waals surface area (Å²) in [5, 5.41) is 9.75. The SMILES string of the molecule is O=c1[nH]c2cnc(-c3cnc4ccccn34)nc2n1C1CCC(O)CC1. The minimum atomic E-state index is -0.268. The molecule has 1 saturated carbocycles. The van der Waals surface area contributed by atoms with Crippen molar-refractivity contribution in [3.8, 4) is 11.5 Å². The van der Waals surface area contributed by atoms with Crippen LogP contribution in [0.1, 0.15) is 31.7 Å². The number of nitrogens with one attached hydrogen (secondary N) is 1. The molecule has 0 amide bonds. The number of aliphatic hydroxyl groups excluding tert-OH is 1. The molecular weight excluding hydrogens is 332 g/mol. The molecule has 132 valence electrons. The first-order valence-electron chi connectivity index (χ1n) is 8.78. The van der Waals surface area contributed by atoms with Gasteiger partial charge in [0.1, 0.15) is 16.9 Å². The van der Waals surface area contributed by atoms with E-state index in [2.05, 4.69) is 19.9 Å². The molecule has 1 aliphatic carbocycles. The third-order valence-electron chi connectivity index (χ3n) is 5.13. The third kappa shape index (κ3) is 2.33. The Hall–Kier alpha value is -3.00. The van der Waals surface area contributed by atoms with Crippen molar-refractivity contribution < 1.29 is 5.11 Å². The summed E-state index contributed by atoms with van der Waals surface area (Å²) in [4.78, 5) is 28.8. The van der Waals surface area contributed by atoms with Crippen molar-refractivity contribution in [3.05, 3.63) is 47.3 Å². The quantitative estimate of drug-likeness (QED) is 0.575. The molecule has 8 nitrogen and oxygen atoms in total. The molecule has 0 radical (unpaired) electrons. The van der Waals surface area contributed by atoms with Gasteiger partial charge in [0.2, 0.25) is 0 Å². The predicted octanol–water partition coefficient (Wildman–Crippen LogP) is 1.91. The Labute approximate surface area is 148 Å². The second-order valence-corrected chi connectivity index (χ2v) is 6.77. The molecule has 0 aromatic carbocycles. The van der Waals surface area contributed by atoms with Crippen LogP contribution in [0, 0.1) is 0 Å². The van der Waals surface area contributed by atoms with Gasteiger partial charge in [-0.2, -0.15) is 0 Å². The minimum Gasteiger partial charge on any atom is -0.393 e. The molecular formula is C18H18N6O2. The number of hydrogen-bond acceptors (Lipinski definition) is 5. The van der Waals surface area contributed by atoms with Crippen molar-refractivity contribution in [2.45, 2.75) is 37.8 Å². The van der Waals surface area contributed by atoms with Gasteiger partial charge in [0.25, 0.3) is 0 Å². The third-order valence-corrected chi connectivity index (χ3v) is 5.13. The van der Waals surface area contributed by atoms with Crippen molar-refractivity contribution in [3.63, 3.8) is 0 Å². The maximum atomic E-state index is 12.5. The fraction of sp³-hybridized carbons (Fsp3) is 0.333. The summed E-state index contributed by atoms with van der Waals surface area (Å²) in [6.45, 7) is 0. The Morgan fingerprint density at radius 1 is 1.12 bits per heavy atom. The highest BCUT2D eigenvalue weighted by molar-refractivity contribution is 5.72. The van der Waals surface area contributed by atoms with Crippen molar-refractivity contribution >= 4 is 16.8 Å². The summed E-state index contributed by atoms with van der Waals surface area (Å²) in [5.74, 6) is 0.528. The molecule has 0 spiro atoms. The molecule has 5 rings (SSSR count). The van der Waals surface area contributed by atoms with E-state index >= 15 is 0 Å². The molecule has 26 heavy (non-hydrogen) atoms. The minimum absolute atomic E-state index is 0.0459. The van der Waals surface area contributed by atoms with Gasteiger partial charge in [-0.1, -0.05) is 6.07 Å². The summed E-state index contributed by atoms with van der Waals surface area (Å²) < 4.78 is 3.64. The number of fused-ring (bicyclic) bond motifs is 2. The lowest BCUT2D eigenvalue weighted by Gasteiger charge is -2.25. The van der Waals surface area contributed by atoms with Gasteiger partial charge in [0.15, 0.2) is 11.5 Å². The number of aromatic amines is 1. The van der Waals surface area contributed by atoms with Crippen LogP contribution in [0.4, 0.5) is 0 Å². The average molecular weight is 350 g/mol. The van der Waals surface area contributed by atoms with Crippen LogP contribution in [0.25, 0.3) is 28.3 Å². The van der Waals surface area contributed by atoms with Gasteiger partial charge in [-0.3, -0.25) is 8.97 Å². The number of imidazole rings is 2. The van der Waals surface area contributed by atoms with E-state index in [4.69, 9.17) is 0 Å². The van der Waals surface area contributed by atoms with E-state index in [1.807, 2.05) is 28.8 Å². The molecule has 4 aromatic heterocycles. The Morgan fingerprint density at radius 2 is 1.96 bits per heavy atom. The van der Waals surface area contributed by atoms with Crippen LogP contribution in [0.15, 0.2) is 41.6 Å². The summed E-state index contributed by atoms with van der Waals surface area (Å²) in [6.07, 6.45) is 7.97. The van der Waals surface area contributed by atoms with Gasteiger partial charge in [0.05, 0.1) is 18.5 Å². The average Bonchev–Trinajstić information content (AvgIpc) is 3.22. The van der Waals surface area contributed by atoms with Crippen molar-refractivity contribution in [2.75, 3.05) is 0 Å². The first-order chi connectivity index (χ1) is 12.7. The lowest BCUT2D eigenvalue weighted by atomic mass is 9.93. The predicted molar refractivity (Wildman–Crippen MR) is 95.8 cm³/mol.